The van der Waals surface area contributed by atoms with Crippen molar-refractivity contribution < 1.29 is 19.1 Å². The molecule has 10 nitrogen and oxygen atoms in total. The van der Waals surface area contributed by atoms with Crippen LogP contribution in [0.2, 0.25) is 0 Å². The molecule has 4 rings (SSSR count). The summed E-state index contributed by atoms with van der Waals surface area (Å²) in [7, 11) is 1.60. The normalized spacial score (nSPS) is 13.9. The molecule has 184 valence electrons. The third kappa shape index (κ3) is 6.43. The van der Waals surface area contributed by atoms with Gasteiger partial charge in [0.15, 0.2) is 5.69 Å². The first-order valence-electron chi connectivity index (χ1n) is 11.6. The summed E-state index contributed by atoms with van der Waals surface area (Å²) in [6.07, 6.45) is 0.420. The number of ether oxygens (including phenoxy) is 2. The van der Waals surface area contributed by atoms with Crippen molar-refractivity contribution in [3.63, 3.8) is 0 Å². The summed E-state index contributed by atoms with van der Waals surface area (Å²) in [5.41, 5.74) is 3.19. The molecule has 1 saturated heterocycles. The van der Waals surface area contributed by atoms with Gasteiger partial charge >= 0.3 is 0 Å². The second-order valence-electron chi connectivity index (χ2n) is 8.27. The molecule has 2 N–H and O–H groups in total. The molecule has 2 heterocycles. The first kappa shape index (κ1) is 24.4. The first-order chi connectivity index (χ1) is 17.0. The van der Waals surface area contributed by atoms with E-state index in [1.165, 1.54) is 0 Å². The molecule has 0 atom stereocenters. The highest BCUT2D eigenvalue weighted by Crippen LogP contribution is 2.18. The van der Waals surface area contributed by atoms with Crippen LogP contribution in [0.5, 0.6) is 5.75 Å². The van der Waals surface area contributed by atoms with E-state index in [1.807, 2.05) is 48.5 Å². The van der Waals surface area contributed by atoms with Gasteiger partial charge in [-0.15, -0.1) is 5.10 Å². The zero-order valence-corrected chi connectivity index (χ0v) is 20.0. The van der Waals surface area contributed by atoms with Crippen LogP contribution in [0.25, 0.3) is 5.69 Å². The summed E-state index contributed by atoms with van der Waals surface area (Å²) < 4.78 is 12.2. The number of methoxy groups -OCH3 is 1. The lowest BCUT2D eigenvalue weighted by Crippen LogP contribution is -2.38. The predicted molar refractivity (Wildman–Crippen MR) is 131 cm³/mol. The molecule has 0 saturated carbocycles. The molecule has 0 spiro atoms. The lowest BCUT2D eigenvalue weighted by molar-refractivity contribution is -0.116. The summed E-state index contributed by atoms with van der Waals surface area (Å²) in [6.45, 7) is 5.94. The van der Waals surface area contributed by atoms with Gasteiger partial charge in [0.1, 0.15) is 5.75 Å². The fourth-order valence-electron chi connectivity index (χ4n) is 3.86. The van der Waals surface area contributed by atoms with Gasteiger partial charge in [-0.2, -0.15) is 0 Å². The lowest BCUT2D eigenvalue weighted by atomic mass is 10.2. The van der Waals surface area contributed by atoms with Crippen LogP contribution in [0, 0.1) is 6.92 Å². The van der Waals surface area contributed by atoms with E-state index in [-0.39, 0.29) is 17.5 Å². The largest absolute Gasteiger partial charge is 0.497 e. The Labute approximate surface area is 204 Å². The van der Waals surface area contributed by atoms with Gasteiger partial charge in [0.25, 0.3) is 5.91 Å². The zero-order valence-electron chi connectivity index (χ0n) is 20.0. The molecule has 10 heteroatoms. The maximum atomic E-state index is 12.8. The van der Waals surface area contributed by atoms with E-state index in [4.69, 9.17) is 9.47 Å². The molecular formula is C25H30N6O4. The van der Waals surface area contributed by atoms with Gasteiger partial charge in [-0.3, -0.25) is 14.5 Å². The molecule has 35 heavy (non-hydrogen) atoms. The fourth-order valence-corrected chi connectivity index (χ4v) is 3.86. The van der Waals surface area contributed by atoms with Crippen molar-refractivity contribution in [2.75, 3.05) is 45.3 Å². The summed E-state index contributed by atoms with van der Waals surface area (Å²) in [6, 6.07) is 14.8. The van der Waals surface area contributed by atoms with E-state index in [9.17, 15) is 9.59 Å². The number of nitrogens with one attached hydrogen (secondary N) is 2. The van der Waals surface area contributed by atoms with E-state index in [1.54, 1.807) is 18.7 Å². The van der Waals surface area contributed by atoms with Gasteiger partial charge in [-0.25, -0.2) is 4.68 Å². The Hall–Kier alpha value is -3.76. The maximum absolute atomic E-state index is 12.8. The molecular weight excluding hydrogens is 448 g/mol. The number of aromatic nitrogens is 3. The number of hydrogen-bond acceptors (Lipinski definition) is 7. The molecule has 1 aliphatic heterocycles. The SMILES string of the molecule is COc1cccc(-n2nnc(C(=O)NCc3cccc(NC(=O)CCN4CCOCC4)c3)c2C)c1. The van der Waals surface area contributed by atoms with E-state index in [0.29, 0.717) is 49.9 Å². The Morgan fingerprint density at radius 3 is 2.71 bits per heavy atom. The average Bonchev–Trinajstić information content (AvgIpc) is 3.28. The van der Waals surface area contributed by atoms with Crippen LogP contribution >= 0.6 is 0 Å². The molecule has 2 amide bonds. The van der Waals surface area contributed by atoms with Crippen molar-refractivity contribution in [3.8, 4) is 11.4 Å². The summed E-state index contributed by atoms with van der Waals surface area (Å²) >= 11 is 0. The van der Waals surface area contributed by atoms with Crippen molar-refractivity contribution in [2.24, 2.45) is 0 Å². The molecule has 1 aliphatic rings. The van der Waals surface area contributed by atoms with Crippen molar-refractivity contribution >= 4 is 17.5 Å². The highest BCUT2D eigenvalue weighted by atomic mass is 16.5. The molecule has 2 aromatic carbocycles. The zero-order chi connectivity index (χ0) is 24.6. The van der Waals surface area contributed by atoms with Crippen LogP contribution in [0.4, 0.5) is 5.69 Å². The predicted octanol–water partition coefficient (Wildman–Crippen LogP) is 2.18. The van der Waals surface area contributed by atoms with Crippen LogP contribution in [0.15, 0.2) is 48.5 Å². The van der Waals surface area contributed by atoms with E-state index in [0.717, 1.165) is 24.3 Å². The topological polar surface area (TPSA) is 111 Å². The van der Waals surface area contributed by atoms with Crippen molar-refractivity contribution in [1.29, 1.82) is 0 Å². The van der Waals surface area contributed by atoms with Gasteiger partial charge in [-0.1, -0.05) is 23.4 Å². The molecule has 0 unspecified atom stereocenters. The van der Waals surface area contributed by atoms with Gasteiger partial charge < -0.3 is 20.1 Å². The van der Waals surface area contributed by atoms with Gasteiger partial charge in [0, 0.05) is 44.4 Å². The number of rotatable bonds is 9. The highest BCUT2D eigenvalue weighted by Gasteiger charge is 2.18. The second kappa shape index (κ2) is 11.6. The lowest BCUT2D eigenvalue weighted by Gasteiger charge is -2.26. The van der Waals surface area contributed by atoms with E-state index < -0.39 is 0 Å². The molecule has 0 aliphatic carbocycles. The Kier molecular flexibility index (Phi) is 8.07. The van der Waals surface area contributed by atoms with Gasteiger partial charge in [-0.05, 0) is 36.8 Å². The van der Waals surface area contributed by atoms with Crippen LogP contribution in [0.3, 0.4) is 0 Å². The number of benzene rings is 2. The Balaban J connectivity index is 1.32. The van der Waals surface area contributed by atoms with Gasteiger partial charge in [0.05, 0.1) is 31.7 Å². The number of amides is 2. The van der Waals surface area contributed by atoms with Crippen LogP contribution in [-0.4, -0.2) is 71.7 Å². The summed E-state index contributed by atoms with van der Waals surface area (Å²) in [5, 5.41) is 14.0. The Morgan fingerprint density at radius 1 is 1.11 bits per heavy atom. The van der Waals surface area contributed by atoms with E-state index in [2.05, 4.69) is 25.8 Å². The smallest absolute Gasteiger partial charge is 0.274 e. The van der Waals surface area contributed by atoms with E-state index >= 15 is 0 Å². The number of carbonyl (C=O) groups is 2. The minimum atomic E-state index is -0.323. The summed E-state index contributed by atoms with van der Waals surface area (Å²) in [4.78, 5) is 27.3. The average molecular weight is 479 g/mol. The molecule has 3 aromatic rings. The maximum Gasteiger partial charge on any atom is 0.274 e. The van der Waals surface area contributed by atoms with Crippen molar-refractivity contribution in [2.45, 2.75) is 19.9 Å². The number of anilines is 1. The van der Waals surface area contributed by atoms with Crippen LogP contribution in [-0.2, 0) is 16.1 Å². The minimum Gasteiger partial charge on any atom is -0.497 e. The number of nitrogens with zero attached hydrogens (tertiary/aromatic N) is 4. The molecule has 0 radical (unpaired) electrons. The second-order valence-corrected chi connectivity index (χ2v) is 8.27. The molecule has 1 aromatic heterocycles. The molecule has 1 fully saturated rings. The first-order valence-corrected chi connectivity index (χ1v) is 11.6. The fraction of sp³-hybridized carbons (Fsp3) is 0.360. The molecule has 0 bridgehead atoms. The van der Waals surface area contributed by atoms with Gasteiger partial charge in [0.2, 0.25) is 5.91 Å². The quantitative estimate of drug-likeness (QED) is 0.485. The third-order valence-corrected chi connectivity index (χ3v) is 5.83. The number of hydrogen-bond donors (Lipinski definition) is 2. The van der Waals surface area contributed by atoms with Crippen LogP contribution < -0.4 is 15.4 Å². The van der Waals surface area contributed by atoms with Crippen molar-refractivity contribution in [3.05, 3.63) is 65.5 Å². The minimum absolute atomic E-state index is 0.0394. The van der Waals surface area contributed by atoms with Crippen LogP contribution in [0.1, 0.15) is 28.2 Å². The Bertz CT molecular complexity index is 1170. The number of morpholine rings is 1. The number of carbonyl (C=O) groups excluding carboxylic acids is 2. The Morgan fingerprint density at radius 2 is 1.91 bits per heavy atom. The standard InChI is InChI=1S/C25H30N6O4/c1-18-24(28-29-31(18)21-7-4-8-22(16-21)34-2)25(33)26-17-19-5-3-6-20(15-19)27-23(32)9-10-30-11-13-35-14-12-30/h3-8,15-16H,9-14,17H2,1-2H3,(H,26,33)(H,27,32). The monoisotopic (exact) mass is 478 g/mol. The third-order valence-electron chi connectivity index (χ3n) is 5.83. The highest BCUT2D eigenvalue weighted by molar-refractivity contribution is 5.93. The summed E-state index contributed by atoms with van der Waals surface area (Å²) in [5.74, 6) is 0.329. The van der Waals surface area contributed by atoms with Crippen molar-refractivity contribution in [1.82, 2.24) is 25.2 Å².